The van der Waals surface area contributed by atoms with E-state index in [0.717, 1.165) is 24.3 Å². The van der Waals surface area contributed by atoms with E-state index in [9.17, 15) is 4.79 Å². The van der Waals surface area contributed by atoms with Crippen LogP contribution in [0.5, 0.6) is 11.5 Å². The zero-order valence-electron chi connectivity index (χ0n) is 14.8. The number of aromatic nitrogens is 3. The molecule has 0 bridgehead atoms. The summed E-state index contributed by atoms with van der Waals surface area (Å²) in [5, 5.41) is 8.56. The fourth-order valence-electron chi connectivity index (χ4n) is 3.50. The number of fused-ring (bicyclic) bond motifs is 1. The number of carbonyl (C=O) groups is 1. The van der Waals surface area contributed by atoms with E-state index in [-0.39, 0.29) is 11.9 Å². The minimum atomic E-state index is -0.0898. The molecule has 134 valence electrons. The largest absolute Gasteiger partial charge is 0.493 e. The maximum Gasteiger partial charge on any atom is 0.254 e. The molecular formula is C19H20N4O3. The van der Waals surface area contributed by atoms with E-state index in [1.165, 1.54) is 0 Å². The Balaban J connectivity index is 1.67. The highest BCUT2D eigenvalue weighted by atomic mass is 16.5. The van der Waals surface area contributed by atoms with Gasteiger partial charge in [0.15, 0.2) is 23.0 Å². The van der Waals surface area contributed by atoms with Gasteiger partial charge < -0.3 is 14.4 Å². The first-order chi connectivity index (χ1) is 12.7. The predicted molar refractivity (Wildman–Crippen MR) is 95.5 cm³/mol. The van der Waals surface area contributed by atoms with Crippen molar-refractivity contribution in [2.45, 2.75) is 18.9 Å². The van der Waals surface area contributed by atoms with Crippen molar-refractivity contribution in [2.24, 2.45) is 0 Å². The fourth-order valence-corrected chi connectivity index (χ4v) is 3.50. The van der Waals surface area contributed by atoms with E-state index in [0.29, 0.717) is 23.6 Å². The van der Waals surface area contributed by atoms with E-state index in [1.54, 1.807) is 32.4 Å². The van der Waals surface area contributed by atoms with Gasteiger partial charge in [0.05, 0.1) is 20.3 Å². The summed E-state index contributed by atoms with van der Waals surface area (Å²) >= 11 is 0. The number of likely N-dealkylation sites (tertiary alicyclic amines) is 1. The topological polar surface area (TPSA) is 69.0 Å². The third kappa shape index (κ3) is 2.65. The first-order valence-electron chi connectivity index (χ1n) is 8.55. The maximum absolute atomic E-state index is 13.1. The molecular weight excluding hydrogens is 332 g/mol. The second kappa shape index (κ2) is 6.67. The summed E-state index contributed by atoms with van der Waals surface area (Å²) < 4.78 is 12.5. The van der Waals surface area contributed by atoms with Gasteiger partial charge in [0.1, 0.15) is 0 Å². The van der Waals surface area contributed by atoms with E-state index in [1.807, 2.05) is 33.7 Å². The predicted octanol–water partition coefficient (Wildman–Crippen LogP) is 2.72. The summed E-state index contributed by atoms with van der Waals surface area (Å²) in [6.45, 7) is 0.694. The van der Waals surface area contributed by atoms with Crippen molar-refractivity contribution in [2.75, 3.05) is 20.8 Å². The Hall–Kier alpha value is -3.09. The Labute approximate surface area is 151 Å². The monoisotopic (exact) mass is 352 g/mol. The van der Waals surface area contributed by atoms with Crippen LogP contribution in [0.1, 0.15) is 35.1 Å². The number of amides is 1. The van der Waals surface area contributed by atoms with Gasteiger partial charge >= 0.3 is 0 Å². The van der Waals surface area contributed by atoms with Crippen molar-refractivity contribution >= 4 is 11.6 Å². The van der Waals surface area contributed by atoms with Crippen LogP contribution in [0, 0.1) is 0 Å². The average molecular weight is 352 g/mol. The van der Waals surface area contributed by atoms with Crippen LogP contribution in [0.25, 0.3) is 5.65 Å². The van der Waals surface area contributed by atoms with Crippen molar-refractivity contribution in [1.82, 2.24) is 19.5 Å². The molecule has 1 aliphatic heterocycles. The molecule has 1 unspecified atom stereocenters. The fraction of sp³-hybridized carbons (Fsp3) is 0.316. The molecule has 0 spiro atoms. The number of methoxy groups -OCH3 is 2. The summed E-state index contributed by atoms with van der Waals surface area (Å²) in [7, 11) is 3.14. The lowest BCUT2D eigenvalue weighted by Crippen LogP contribution is -2.31. The lowest BCUT2D eigenvalue weighted by molar-refractivity contribution is 0.0729. The number of nitrogens with zero attached hydrogens (tertiary/aromatic N) is 4. The molecule has 1 saturated heterocycles. The minimum absolute atomic E-state index is 0.0406. The van der Waals surface area contributed by atoms with Gasteiger partial charge in [-0.3, -0.25) is 9.20 Å². The van der Waals surface area contributed by atoms with Gasteiger partial charge in [-0.1, -0.05) is 6.07 Å². The Morgan fingerprint density at radius 3 is 2.77 bits per heavy atom. The second-order valence-corrected chi connectivity index (χ2v) is 6.21. The summed E-state index contributed by atoms with van der Waals surface area (Å²) in [6, 6.07) is 10.9. The lowest BCUT2D eigenvalue weighted by Gasteiger charge is -2.24. The quantitative estimate of drug-likeness (QED) is 0.722. The molecule has 0 aliphatic carbocycles. The second-order valence-electron chi connectivity index (χ2n) is 6.21. The SMILES string of the molecule is COc1ccc(C(=O)N2CCCC2c2nnc3ccccn23)cc1OC. The normalized spacial score (nSPS) is 16.8. The Bertz CT molecular complexity index is 953. The van der Waals surface area contributed by atoms with E-state index >= 15 is 0 Å². The third-order valence-electron chi connectivity index (χ3n) is 4.78. The molecule has 1 fully saturated rings. The Morgan fingerprint density at radius 2 is 1.96 bits per heavy atom. The molecule has 0 radical (unpaired) electrons. The number of hydrogen-bond donors (Lipinski definition) is 0. The smallest absolute Gasteiger partial charge is 0.254 e. The summed E-state index contributed by atoms with van der Waals surface area (Å²) in [5.41, 5.74) is 1.36. The molecule has 4 rings (SSSR count). The number of ether oxygens (including phenoxy) is 2. The standard InChI is InChI=1S/C19H20N4O3/c1-25-15-9-8-13(12-16(15)26-2)19(24)22-11-5-6-14(22)18-21-20-17-7-3-4-10-23(17)18/h3-4,7-10,12,14H,5-6,11H2,1-2H3. The average Bonchev–Trinajstić information content (AvgIpc) is 3.33. The highest BCUT2D eigenvalue weighted by molar-refractivity contribution is 5.95. The zero-order valence-corrected chi connectivity index (χ0v) is 14.8. The summed E-state index contributed by atoms with van der Waals surface area (Å²) in [4.78, 5) is 15.0. The van der Waals surface area contributed by atoms with Crippen molar-refractivity contribution in [1.29, 1.82) is 0 Å². The van der Waals surface area contributed by atoms with Crippen molar-refractivity contribution < 1.29 is 14.3 Å². The minimum Gasteiger partial charge on any atom is -0.493 e. The highest BCUT2D eigenvalue weighted by Crippen LogP contribution is 2.34. The molecule has 1 atom stereocenters. The maximum atomic E-state index is 13.1. The number of rotatable bonds is 4. The van der Waals surface area contributed by atoms with Crippen LogP contribution in [-0.4, -0.2) is 46.2 Å². The Morgan fingerprint density at radius 1 is 1.12 bits per heavy atom. The van der Waals surface area contributed by atoms with Gasteiger partial charge in [0.2, 0.25) is 0 Å². The Kier molecular flexibility index (Phi) is 4.20. The van der Waals surface area contributed by atoms with Gasteiger partial charge in [-0.15, -0.1) is 10.2 Å². The molecule has 26 heavy (non-hydrogen) atoms. The van der Waals surface area contributed by atoms with Gasteiger partial charge in [-0.05, 0) is 43.2 Å². The van der Waals surface area contributed by atoms with Crippen molar-refractivity contribution in [3.63, 3.8) is 0 Å². The molecule has 1 aromatic carbocycles. The number of benzene rings is 1. The summed E-state index contributed by atoms with van der Waals surface area (Å²) in [6.07, 6.45) is 3.74. The first kappa shape index (κ1) is 16.4. The highest BCUT2D eigenvalue weighted by Gasteiger charge is 2.34. The molecule has 0 N–H and O–H groups in total. The number of pyridine rings is 1. The van der Waals surface area contributed by atoms with Crippen molar-refractivity contribution in [3.8, 4) is 11.5 Å². The number of hydrogen-bond acceptors (Lipinski definition) is 5. The van der Waals surface area contributed by atoms with Crippen LogP contribution >= 0.6 is 0 Å². The first-order valence-corrected chi connectivity index (χ1v) is 8.55. The molecule has 3 heterocycles. The van der Waals surface area contributed by atoms with E-state index < -0.39 is 0 Å². The van der Waals surface area contributed by atoms with Crippen LogP contribution in [0.3, 0.4) is 0 Å². The van der Waals surface area contributed by atoms with Gasteiger partial charge in [0, 0.05) is 18.3 Å². The molecule has 0 saturated carbocycles. The molecule has 7 heteroatoms. The molecule has 7 nitrogen and oxygen atoms in total. The van der Waals surface area contributed by atoms with Gasteiger partial charge in [-0.2, -0.15) is 0 Å². The van der Waals surface area contributed by atoms with E-state index in [4.69, 9.17) is 9.47 Å². The molecule has 3 aromatic rings. The van der Waals surface area contributed by atoms with Crippen LogP contribution < -0.4 is 9.47 Å². The van der Waals surface area contributed by atoms with Crippen LogP contribution in [0.15, 0.2) is 42.6 Å². The van der Waals surface area contributed by atoms with E-state index in [2.05, 4.69) is 10.2 Å². The van der Waals surface area contributed by atoms with Crippen LogP contribution in [0.2, 0.25) is 0 Å². The summed E-state index contributed by atoms with van der Waals surface area (Å²) in [5.74, 6) is 1.90. The van der Waals surface area contributed by atoms with Crippen molar-refractivity contribution in [3.05, 3.63) is 54.0 Å². The lowest BCUT2D eigenvalue weighted by atomic mass is 10.1. The molecule has 1 aliphatic rings. The number of carbonyl (C=O) groups excluding carboxylic acids is 1. The molecule has 1 amide bonds. The third-order valence-corrected chi connectivity index (χ3v) is 4.78. The van der Waals surface area contributed by atoms with Gasteiger partial charge in [-0.25, -0.2) is 0 Å². The molecule has 2 aromatic heterocycles. The van der Waals surface area contributed by atoms with Gasteiger partial charge in [0.25, 0.3) is 5.91 Å². The van der Waals surface area contributed by atoms with Crippen LogP contribution in [0.4, 0.5) is 0 Å². The zero-order chi connectivity index (χ0) is 18.1. The van der Waals surface area contributed by atoms with Crippen LogP contribution in [-0.2, 0) is 0 Å².